The Morgan fingerprint density at radius 1 is 1.14 bits per heavy atom. The second-order valence-corrected chi connectivity index (χ2v) is 13.2. The molecule has 4 aromatic rings. The molecule has 226 valence electrons. The van der Waals surface area contributed by atoms with Crippen molar-refractivity contribution in [3.8, 4) is 11.3 Å². The molecule has 0 spiro atoms. The highest BCUT2D eigenvalue weighted by atomic mass is 16.3. The van der Waals surface area contributed by atoms with Crippen LogP contribution in [-0.4, -0.2) is 95.8 Å². The lowest BCUT2D eigenvalue weighted by Crippen LogP contribution is -2.61. The van der Waals surface area contributed by atoms with E-state index in [4.69, 9.17) is 4.98 Å². The van der Waals surface area contributed by atoms with Crippen LogP contribution in [0.1, 0.15) is 71.1 Å². The lowest BCUT2D eigenvalue weighted by molar-refractivity contribution is -0.138. The third kappa shape index (κ3) is 5.38. The SMILES string of the molecule is Cc1c(-c2[nH]c3ccc(N4C[C@@H](C)N(C(=O)CN(CCO)C(C)(C)C)[C@H](C)C4)nc3c2C(C)C)cn2ncnc2c1C. The number of β-amino-alcohol motifs (C(OH)–C–C–N with tert-alkyl or cyclic N) is 1. The van der Waals surface area contributed by atoms with Crippen molar-refractivity contribution in [1.82, 2.24) is 34.4 Å². The summed E-state index contributed by atoms with van der Waals surface area (Å²) in [4.78, 5) is 33.2. The highest BCUT2D eigenvalue weighted by Gasteiger charge is 2.35. The van der Waals surface area contributed by atoms with Gasteiger partial charge < -0.3 is 19.9 Å². The van der Waals surface area contributed by atoms with E-state index in [0.717, 1.165) is 39.3 Å². The van der Waals surface area contributed by atoms with Gasteiger partial charge in [-0.3, -0.25) is 9.69 Å². The number of aromatic nitrogens is 5. The minimum Gasteiger partial charge on any atom is -0.395 e. The van der Waals surface area contributed by atoms with Crippen LogP contribution in [0.15, 0.2) is 24.7 Å². The molecule has 10 nitrogen and oxygen atoms in total. The number of amides is 1. The van der Waals surface area contributed by atoms with Crippen molar-refractivity contribution < 1.29 is 9.90 Å². The number of aliphatic hydroxyl groups excluding tert-OH is 1. The van der Waals surface area contributed by atoms with Gasteiger partial charge in [-0.15, -0.1) is 0 Å². The van der Waals surface area contributed by atoms with Crippen LogP contribution in [0, 0.1) is 13.8 Å². The zero-order valence-electron chi connectivity index (χ0n) is 26.6. The number of H-pyrrole nitrogens is 1. The van der Waals surface area contributed by atoms with E-state index in [1.54, 1.807) is 6.33 Å². The molecule has 0 saturated carbocycles. The van der Waals surface area contributed by atoms with Crippen LogP contribution in [0.4, 0.5) is 5.82 Å². The highest BCUT2D eigenvalue weighted by Crippen LogP contribution is 2.38. The first-order valence-electron chi connectivity index (χ1n) is 15.1. The van der Waals surface area contributed by atoms with Gasteiger partial charge >= 0.3 is 0 Å². The lowest BCUT2D eigenvalue weighted by Gasteiger charge is -2.46. The third-order valence-corrected chi connectivity index (χ3v) is 8.81. The molecule has 0 unspecified atom stereocenters. The molecule has 2 atom stereocenters. The Hall–Kier alpha value is -3.50. The number of carbonyl (C=O) groups is 1. The van der Waals surface area contributed by atoms with Gasteiger partial charge in [0.1, 0.15) is 12.1 Å². The minimum absolute atomic E-state index is 0.0288. The Balaban J connectivity index is 1.45. The summed E-state index contributed by atoms with van der Waals surface area (Å²) >= 11 is 0. The first-order valence-corrected chi connectivity index (χ1v) is 15.1. The molecule has 1 fully saturated rings. The number of aliphatic hydroxyl groups is 1. The van der Waals surface area contributed by atoms with Crippen LogP contribution in [0.3, 0.4) is 0 Å². The molecule has 1 saturated heterocycles. The van der Waals surface area contributed by atoms with Gasteiger partial charge in [-0.05, 0) is 77.6 Å². The van der Waals surface area contributed by atoms with Crippen molar-refractivity contribution in [1.29, 1.82) is 0 Å². The predicted octanol–water partition coefficient (Wildman–Crippen LogP) is 4.53. The fraction of sp³-hybridized carbons (Fsp3) is 0.562. The van der Waals surface area contributed by atoms with Gasteiger partial charge in [-0.1, -0.05) is 13.8 Å². The summed E-state index contributed by atoms with van der Waals surface area (Å²) < 4.78 is 1.85. The molecule has 1 aliphatic rings. The third-order valence-electron chi connectivity index (χ3n) is 8.81. The fourth-order valence-corrected chi connectivity index (χ4v) is 6.50. The predicted molar refractivity (Wildman–Crippen MR) is 168 cm³/mol. The Morgan fingerprint density at radius 2 is 1.83 bits per heavy atom. The first kappa shape index (κ1) is 30.0. The number of rotatable bonds is 7. The number of piperazine rings is 1. The summed E-state index contributed by atoms with van der Waals surface area (Å²) in [5.41, 5.74) is 8.33. The standard InChI is InChI=1S/C32H46N8O2/c1-19(2)28-29(24-16-39-31(33-18-34-39)23(6)22(24)5)35-25-10-11-26(36-30(25)28)37-14-20(3)40(21(4)15-37)27(42)17-38(12-13-41)32(7,8)9/h10-11,16,18-21,35,41H,12-15,17H2,1-9H3/t20-,21-/m1/s1. The van der Waals surface area contributed by atoms with Gasteiger partial charge in [0.15, 0.2) is 5.65 Å². The second-order valence-electron chi connectivity index (χ2n) is 13.2. The largest absolute Gasteiger partial charge is 0.395 e. The van der Waals surface area contributed by atoms with Crippen LogP contribution < -0.4 is 4.90 Å². The smallest absolute Gasteiger partial charge is 0.237 e. The van der Waals surface area contributed by atoms with E-state index in [9.17, 15) is 9.90 Å². The zero-order valence-corrected chi connectivity index (χ0v) is 26.6. The van der Waals surface area contributed by atoms with Crippen LogP contribution in [-0.2, 0) is 4.79 Å². The van der Waals surface area contributed by atoms with Gasteiger partial charge in [0, 0.05) is 54.6 Å². The average Bonchev–Trinajstić information content (AvgIpc) is 3.54. The number of hydrogen-bond acceptors (Lipinski definition) is 7. The van der Waals surface area contributed by atoms with E-state index in [1.807, 2.05) is 9.42 Å². The number of fused-ring (bicyclic) bond motifs is 2. The minimum atomic E-state index is -0.201. The van der Waals surface area contributed by atoms with E-state index < -0.39 is 0 Å². The molecule has 10 heteroatoms. The van der Waals surface area contributed by atoms with Crippen molar-refractivity contribution in [3.05, 3.63) is 41.3 Å². The van der Waals surface area contributed by atoms with E-state index in [1.165, 1.54) is 11.1 Å². The normalized spacial score (nSPS) is 18.3. The van der Waals surface area contributed by atoms with Crippen molar-refractivity contribution >= 4 is 28.4 Å². The number of aryl methyl sites for hydroxylation is 1. The monoisotopic (exact) mass is 574 g/mol. The number of nitrogens with one attached hydrogen (secondary N) is 1. The average molecular weight is 575 g/mol. The number of pyridine rings is 2. The van der Waals surface area contributed by atoms with Crippen molar-refractivity contribution in [2.75, 3.05) is 37.7 Å². The van der Waals surface area contributed by atoms with Crippen LogP contribution in [0.5, 0.6) is 0 Å². The molecule has 1 amide bonds. The van der Waals surface area contributed by atoms with Crippen molar-refractivity contribution in [3.63, 3.8) is 0 Å². The molecule has 42 heavy (non-hydrogen) atoms. The van der Waals surface area contributed by atoms with Gasteiger partial charge in [-0.25, -0.2) is 14.5 Å². The maximum absolute atomic E-state index is 13.5. The zero-order chi connectivity index (χ0) is 30.5. The van der Waals surface area contributed by atoms with Crippen LogP contribution >= 0.6 is 0 Å². The molecule has 0 bridgehead atoms. The molecule has 0 aromatic carbocycles. The molecule has 4 aromatic heterocycles. The van der Waals surface area contributed by atoms with E-state index in [2.05, 4.69) is 106 Å². The second kappa shape index (κ2) is 11.3. The molecule has 0 aliphatic carbocycles. The number of hydrogen-bond donors (Lipinski definition) is 2. The Bertz CT molecular complexity index is 1590. The summed E-state index contributed by atoms with van der Waals surface area (Å²) in [6, 6.07) is 4.28. The molecular formula is C32H46N8O2. The summed E-state index contributed by atoms with van der Waals surface area (Å²) in [6.07, 6.45) is 3.65. The summed E-state index contributed by atoms with van der Waals surface area (Å²) in [7, 11) is 0. The van der Waals surface area contributed by atoms with Gasteiger partial charge in [0.2, 0.25) is 5.91 Å². The van der Waals surface area contributed by atoms with E-state index in [0.29, 0.717) is 26.2 Å². The van der Waals surface area contributed by atoms with E-state index in [-0.39, 0.29) is 36.1 Å². The maximum atomic E-state index is 13.5. The number of anilines is 1. The van der Waals surface area contributed by atoms with Crippen molar-refractivity contribution in [2.24, 2.45) is 0 Å². The van der Waals surface area contributed by atoms with Crippen LogP contribution in [0.2, 0.25) is 0 Å². The topological polar surface area (TPSA) is 106 Å². The fourth-order valence-electron chi connectivity index (χ4n) is 6.50. The maximum Gasteiger partial charge on any atom is 0.237 e. The molecule has 2 N–H and O–H groups in total. The summed E-state index contributed by atoms with van der Waals surface area (Å²) in [6.45, 7) is 21.4. The number of aromatic amines is 1. The molecule has 5 rings (SSSR count). The van der Waals surface area contributed by atoms with Gasteiger partial charge in [0.05, 0.1) is 29.9 Å². The van der Waals surface area contributed by atoms with E-state index >= 15 is 0 Å². The quantitative estimate of drug-likeness (QED) is 0.334. The van der Waals surface area contributed by atoms with Crippen LogP contribution in [0.25, 0.3) is 27.9 Å². The Labute approximate surface area is 248 Å². The van der Waals surface area contributed by atoms with Crippen molar-refractivity contribution in [2.45, 2.75) is 85.9 Å². The van der Waals surface area contributed by atoms with Gasteiger partial charge in [0.25, 0.3) is 0 Å². The Kier molecular flexibility index (Phi) is 8.06. The number of carbonyl (C=O) groups excluding carboxylic acids is 1. The Morgan fingerprint density at radius 3 is 2.45 bits per heavy atom. The summed E-state index contributed by atoms with van der Waals surface area (Å²) in [5, 5.41) is 14.0. The lowest BCUT2D eigenvalue weighted by atomic mass is 9.95. The van der Waals surface area contributed by atoms with Gasteiger partial charge in [-0.2, -0.15) is 5.10 Å². The molecule has 5 heterocycles. The molecule has 1 aliphatic heterocycles. The number of nitrogens with zero attached hydrogens (tertiary/aromatic N) is 7. The summed E-state index contributed by atoms with van der Waals surface area (Å²) in [5.74, 6) is 1.28. The first-order chi connectivity index (χ1) is 19.8. The highest BCUT2D eigenvalue weighted by molar-refractivity contribution is 5.90. The molecule has 0 radical (unpaired) electrons. The molecular weight excluding hydrogens is 528 g/mol.